The molecule has 0 unspecified atom stereocenters. The standard InChI is InChI=1S/C13H24O2/c1-13(2,3)8-4-5-10-6-7-11(9-10)12(14)15/h10-11H,4-9H2,1-3H3,(H,14,15)/t10-,11-/m1/s1. The van der Waals surface area contributed by atoms with Crippen LogP contribution in [0.15, 0.2) is 0 Å². The van der Waals surface area contributed by atoms with Crippen molar-refractivity contribution in [2.24, 2.45) is 17.3 Å². The van der Waals surface area contributed by atoms with Gasteiger partial charge < -0.3 is 5.11 Å². The second-order valence-corrected chi connectivity index (χ2v) is 6.17. The fourth-order valence-corrected chi connectivity index (χ4v) is 2.48. The van der Waals surface area contributed by atoms with E-state index in [0.717, 1.165) is 19.3 Å². The second kappa shape index (κ2) is 5.00. The minimum atomic E-state index is -0.590. The van der Waals surface area contributed by atoms with Crippen LogP contribution in [0.5, 0.6) is 0 Å². The van der Waals surface area contributed by atoms with Gasteiger partial charge >= 0.3 is 5.97 Å². The van der Waals surface area contributed by atoms with E-state index in [4.69, 9.17) is 5.11 Å². The molecule has 1 N–H and O–H groups in total. The van der Waals surface area contributed by atoms with Gasteiger partial charge in [-0.15, -0.1) is 0 Å². The molecule has 0 amide bonds. The lowest BCUT2D eigenvalue weighted by molar-refractivity contribution is -0.141. The van der Waals surface area contributed by atoms with Crippen LogP contribution in [0.3, 0.4) is 0 Å². The fraction of sp³-hybridized carbons (Fsp3) is 0.923. The topological polar surface area (TPSA) is 37.3 Å². The molecule has 0 radical (unpaired) electrons. The first-order chi connectivity index (χ1) is 6.88. The first-order valence-electron chi connectivity index (χ1n) is 6.11. The molecular weight excluding hydrogens is 188 g/mol. The zero-order chi connectivity index (χ0) is 11.5. The highest BCUT2D eigenvalue weighted by molar-refractivity contribution is 5.70. The van der Waals surface area contributed by atoms with Gasteiger partial charge in [0.25, 0.3) is 0 Å². The third kappa shape index (κ3) is 4.67. The molecule has 1 fully saturated rings. The van der Waals surface area contributed by atoms with Crippen molar-refractivity contribution in [1.29, 1.82) is 0 Å². The molecule has 88 valence electrons. The third-order valence-corrected chi connectivity index (χ3v) is 3.43. The minimum absolute atomic E-state index is 0.0513. The minimum Gasteiger partial charge on any atom is -0.481 e. The Morgan fingerprint density at radius 1 is 1.33 bits per heavy atom. The van der Waals surface area contributed by atoms with Crippen LogP contribution in [0.25, 0.3) is 0 Å². The molecule has 2 nitrogen and oxygen atoms in total. The molecule has 0 aliphatic heterocycles. The molecule has 2 atom stereocenters. The molecule has 1 aliphatic rings. The molecule has 1 aliphatic carbocycles. The van der Waals surface area contributed by atoms with Gasteiger partial charge in [0, 0.05) is 0 Å². The second-order valence-electron chi connectivity index (χ2n) is 6.17. The molecule has 1 rings (SSSR count). The number of carbonyl (C=O) groups is 1. The zero-order valence-corrected chi connectivity index (χ0v) is 10.3. The average molecular weight is 212 g/mol. The van der Waals surface area contributed by atoms with E-state index in [1.54, 1.807) is 0 Å². The SMILES string of the molecule is CC(C)(C)CCC[C@@H]1CC[C@@H](C(=O)O)C1. The number of hydrogen-bond donors (Lipinski definition) is 1. The van der Waals surface area contributed by atoms with Gasteiger partial charge in [0.2, 0.25) is 0 Å². The predicted molar refractivity (Wildman–Crippen MR) is 61.8 cm³/mol. The van der Waals surface area contributed by atoms with Gasteiger partial charge in [-0.3, -0.25) is 4.79 Å². The van der Waals surface area contributed by atoms with Crippen LogP contribution in [0, 0.1) is 17.3 Å². The van der Waals surface area contributed by atoms with Crippen LogP contribution in [-0.2, 0) is 4.79 Å². The first kappa shape index (κ1) is 12.5. The Hall–Kier alpha value is -0.530. The zero-order valence-electron chi connectivity index (χ0n) is 10.3. The summed E-state index contributed by atoms with van der Waals surface area (Å²) in [7, 11) is 0. The van der Waals surface area contributed by atoms with Crippen LogP contribution < -0.4 is 0 Å². The van der Waals surface area contributed by atoms with E-state index in [2.05, 4.69) is 20.8 Å². The predicted octanol–water partition coefficient (Wildman–Crippen LogP) is 3.70. The van der Waals surface area contributed by atoms with Crippen molar-refractivity contribution in [2.45, 2.75) is 59.3 Å². The molecule has 0 saturated heterocycles. The van der Waals surface area contributed by atoms with Gasteiger partial charge in [0.05, 0.1) is 5.92 Å². The highest BCUT2D eigenvalue weighted by Gasteiger charge is 2.29. The normalized spacial score (nSPS) is 26.9. The lowest BCUT2D eigenvalue weighted by Gasteiger charge is -2.19. The van der Waals surface area contributed by atoms with Crippen LogP contribution >= 0.6 is 0 Å². The molecule has 0 aromatic rings. The summed E-state index contributed by atoms with van der Waals surface area (Å²) in [5, 5.41) is 8.89. The molecule has 0 heterocycles. The molecule has 15 heavy (non-hydrogen) atoms. The highest BCUT2D eigenvalue weighted by Crippen LogP contribution is 2.35. The van der Waals surface area contributed by atoms with Crippen LogP contribution in [0.2, 0.25) is 0 Å². The quantitative estimate of drug-likeness (QED) is 0.771. The summed E-state index contributed by atoms with van der Waals surface area (Å²) >= 11 is 0. The number of hydrogen-bond acceptors (Lipinski definition) is 1. The van der Waals surface area contributed by atoms with E-state index in [-0.39, 0.29) is 5.92 Å². The van der Waals surface area contributed by atoms with Gasteiger partial charge in [-0.05, 0) is 37.0 Å². The lowest BCUT2D eigenvalue weighted by atomic mass is 9.87. The fourth-order valence-electron chi connectivity index (χ4n) is 2.48. The summed E-state index contributed by atoms with van der Waals surface area (Å²) in [6.45, 7) is 6.80. The molecule has 0 spiro atoms. The van der Waals surface area contributed by atoms with Gasteiger partial charge in [-0.25, -0.2) is 0 Å². The summed E-state index contributed by atoms with van der Waals surface area (Å²) in [5.41, 5.74) is 0.421. The smallest absolute Gasteiger partial charge is 0.306 e. The Balaban J connectivity index is 2.17. The first-order valence-corrected chi connectivity index (χ1v) is 6.11. The van der Waals surface area contributed by atoms with Crippen molar-refractivity contribution in [3.05, 3.63) is 0 Å². The molecule has 2 heteroatoms. The Bertz CT molecular complexity index is 215. The van der Waals surface area contributed by atoms with Crippen molar-refractivity contribution in [2.75, 3.05) is 0 Å². The Labute approximate surface area is 93.1 Å². The molecule has 1 saturated carbocycles. The maximum absolute atomic E-state index is 10.8. The van der Waals surface area contributed by atoms with E-state index in [9.17, 15) is 4.79 Å². The number of carboxylic acid groups (broad SMARTS) is 1. The molecule has 0 aromatic carbocycles. The van der Waals surface area contributed by atoms with Gasteiger partial charge in [-0.2, -0.15) is 0 Å². The van der Waals surface area contributed by atoms with Crippen molar-refractivity contribution in [1.82, 2.24) is 0 Å². The van der Waals surface area contributed by atoms with E-state index in [1.165, 1.54) is 19.3 Å². The summed E-state index contributed by atoms with van der Waals surface area (Å²) in [5.74, 6) is 0.0337. The number of aliphatic carboxylic acids is 1. The van der Waals surface area contributed by atoms with Gasteiger partial charge in [-0.1, -0.05) is 33.6 Å². The van der Waals surface area contributed by atoms with E-state index in [0.29, 0.717) is 11.3 Å². The van der Waals surface area contributed by atoms with Crippen molar-refractivity contribution < 1.29 is 9.90 Å². The maximum Gasteiger partial charge on any atom is 0.306 e. The Morgan fingerprint density at radius 3 is 2.47 bits per heavy atom. The highest BCUT2D eigenvalue weighted by atomic mass is 16.4. The lowest BCUT2D eigenvalue weighted by Crippen LogP contribution is -2.10. The third-order valence-electron chi connectivity index (χ3n) is 3.43. The van der Waals surface area contributed by atoms with Crippen molar-refractivity contribution in [3.8, 4) is 0 Å². The average Bonchev–Trinajstić information content (AvgIpc) is 2.50. The maximum atomic E-state index is 10.8. The van der Waals surface area contributed by atoms with Crippen LogP contribution in [-0.4, -0.2) is 11.1 Å². The summed E-state index contributed by atoms with van der Waals surface area (Å²) < 4.78 is 0. The van der Waals surface area contributed by atoms with Gasteiger partial charge in [0.15, 0.2) is 0 Å². The van der Waals surface area contributed by atoms with Crippen LogP contribution in [0.1, 0.15) is 59.3 Å². The molecule has 0 bridgehead atoms. The monoisotopic (exact) mass is 212 g/mol. The van der Waals surface area contributed by atoms with Crippen molar-refractivity contribution in [3.63, 3.8) is 0 Å². The van der Waals surface area contributed by atoms with E-state index >= 15 is 0 Å². The van der Waals surface area contributed by atoms with Crippen LogP contribution in [0.4, 0.5) is 0 Å². The number of rotatable bonds is 4. The molecular formula is C13H24O2. The van der Waals surface area contributed by atoms with Crippen molar-refractivity contribution >= 4 is 5.97 Å². The van der Waals surface area contributed by atoms with E-state index in [1.807, 2.05) is 0 Å². The van der Waals surface area contributed by atoms with Gasteiger partial charge in [0.1, 0.15) is 0 Å². The Kier molecular flexibility index (Phi) is 4.18. The summed E-state index contributed by atoms with van der Waals surface area (Å²) in [4.78, 5) is 10.8. The molecule has 0 aromatic heterocycles. The largest absolute Gasteiger partial charge is 0.481 e. The summed E-state index contributed by atoms with van der Waals surface area (Å²) in [6.07, 6.45) is 6.67. The van der Waals surface area contributed by atoms with E-state index < -0.39 is 5.97 Å². The number of carboxylic acids is 1. The summed E-state index contributed by atoms with van der Waals surface area (Å²) in [6, 6.07) is 0. The Morgan fingerprint density at radius 2 is 2.00 bits per heavy atom.